The van der Waals surface area contributed by atoms with Crippen molar-refractivity contribution in [2.24, 2.45) is 11.8 Å². The van der Waals surface area contributed by atoms with Crippen LogP contribution in [0.1, 0.15) is 23.6 Å². The Balaban J connectivity index is 1.36. The Morgan fingerprint density at radius 2 is 1.88 bits per heavy atom. The zero-order chi connectivity index (χ0) is 16.7. The van der Waals surface area contributed by atoms with Crippen LogP contribution in [0.2, 0.25) is 0 Å². The molecule has 2 aliphatic rings. The number of fused-ring (bicyclic) bond motifs is 1. The van der Waals surface area contributed by atoms with Crippen LogP contribution in [-0.2, 0) is 5.41 Å². The number of piperidine rings is 1. The Morgan fingerprint density at radius 3 is 2.58 bits per heavy atom. The van der Waals surface area contributed by atoms with Crippen LogP contribution in [-0.4, -0.2) is 29.6 Å². The lowest BCUT2D eigenvalue weighted by Crippen LogP contribution is -2.29. The van der Waals surface area contributed by atoms with Gasteiger partial charge in [-0.05, 0) is 47.6 Å². The number of aromatic hydroxyl groups is 1. The summed E-state index contributed by atoms with van der Waals surface area (Å²) in [7, 11) is 0. The molecule has 1 saturated heterocycles. The van der Waals surface area contributed by atoms with E-state index in [1.54, 1.807) is 6.07 Å². The third kappa shape index (κ3) is 2.55. The predicted octanol–water partition coefficient (Wildman–Crippen LogP) is 4.23. The molecule has 1 aliphatic carbocycles. The second-order valence-corrected chi connectivity index (χ2v) is 7.52. The van der Waals surface area contributed by atoms with Gasteiger partial charge in [0.2, 0.25) is 0 Å². The first kappa shape index (κ1) is 15.5. The van der Waals surface area contributed by atoms with Crippen molar-refractivity contribution in [3.63, 3.8) is 0 Å². The van der Waals surface area contributed by atoms with Crippen molar-refractivity contribution in [2.75, 3.05) is 19.6 Å². The zero-order valence-corrected chi connectivity index (χ0v) is 14.4. The van der Waals surface area contributed by atoms with Crippen LogP contribution >= 0.6 is 0 Å². The largest absolute Gasteiger partial charge is 0.508 e. The Morgan fingerprint density at radius 1 is 1.12 bits per heavy atom. The van der Waals surface area contributed by atoms with E-state index in [4.69, 9.17) is 0 Å². The number of hydrogen-bond donors (Lipinski definition) is 1. The molecule has 1 unspecified atom stereocenters. The van der Waals surface area contributed by atoms with Gasteiger partial charge in [0, 0.05) is 25.0 Å². The molecular formula is C22H25NO. The van der Waals surface area contributed by atoms with Gasteiger partial charge < -0.3 is 5.11 Å². The number of hydrogen-bond acceptors (Lipinski definition) is 2. The standard InChI is InChI=1S/C22H25NO/c1-16-7-3-4-8-17(16)9-6-12-23-14-20-21(15-23)22(20,2)18-10-5-11-19(24)13-18/h3-11,13,20-21,24H,12,14-15H2,1-2H3/b9-6+/t20-,21+,22?. The highest BCUT2D eigenvalue weighted by Crippen LogP contribution is 2.63. The fraction of sp³-hybridized carbons (Fsp3) is 0.364. The average molecular weight is 319 g/mol. The van der Waals surface area contributed by atoms with E-state index in [0.717, 1.165) is 31.5 Å². The summed E-state index contributed by atoms with van der Waals surface area (Å²) in [4.78, 5) is 2.55. The third-order valence-electron chi connectivity index (χ3n) is 6.14. The normalized spacial score (nSPS) is 29.1. The van der Waals surface area contributed by atoms with Crippen molar-refractivity contribution in [3.8, 4) is 5.75 Å². The Kier molecular flexibility index (Phi) is 3.73. The van der Waals surface area contributed by atoms with Gasteiger partial charge in [-0.2, -0.15) is 0 Å². The van der Waals surface area contributed by atoms with Gasteiger partial charge in [-0.3, -0.25) is 4.90 Å². The molecule has 0 amide bonds. The van der Waals surface area contributed by atoms with E-state index in [0.29, 0.717) is 5.75 Å². The van der Waals surface area contributed by atoms with E-state index in [1.165, 1.54) is 16.7 Å². The number of phenols is 1. The first-order chi connectivity index (χ1) is 11.6. The van der Waals surface area contributed by atoms with E-state index in [9.17, 15) is 5.11 Å². The third-order valence-corrected chi connectivity index (χ3v) is 6.14. The van der Waals surface area contributed by atoms with Gasteiger partial charge in [-0.1, -0.05) is 55.5 Å². The molecule has 2 fully saturated rings. The van der Waals surface area contributed by atoms with Crippen LogP contribution in [0, 0.1) is 18.8 Å². The van der Waals surface area contributed by atoms with Crippen molar-refractivity contribution in [1.82, 2.24) is 4.90 Å². The van der Waals surface area contributed by atoms with Crippen molar-refractivity contribution >= 4 is 6.08 Å². The lowest BCUT2D eigenvalue weighted by molar-refractivity contribution is 0.304. The second-order valence-electron chi connectivity index (χ2n) is 7.52. The fourth-order valence-electron chi connectivity index (χ4n) is 4.48. The zero-order valence-electron chi connectivity index (χ0n) is 14.4. The summed E-state index contributed by atoms with van der Waals surface area (Å²) < 4.78 is 0. The van der Waals surface area contributed by atoms with Crippen molar-refractivity contribution in [2.45, 2.75) is 19.3 Å². The van der Waals surface area contributed by atoms with Gasteiger partial charge in [-0.15, -0.1) is 0 Å². The Bertz CT molecular complexity index is 767. The molecular weight excluding hydrogens is 294 g/mol. The van der Waals surface area contributed by atoms with Gasteiger partial charge in [0.05, 0.1) is 0 Å². The van der Waals surface area contributed by atoms with Crippen LogP contribution in [0.4, 0.5) is 0 Å². The molecule has 2 nitrogen and oxygen atoms in total. The van der Waals surface area contributed by atoms with E-state index < -0.39 is 0 Å². The van der Waals surface area contributed by atoms with Crippen molar-refractivity contribution in [3.05, 3.63) is 71.3 Å². The number of nitrogens with zero attached hydrogens (tertiary/aromatic N) is 1. The van der Waals surface area contributed by atoms with Crippen LogP contribution in [0.3, 0.4) is 0 Å². The fourth-order valence-corrected chi connectivity index (χ4v) is 4.48. The molecule has 124 valence electrons. The molecule has 4 rings (SSSR count). The molecule has 0 radical (unpaired) electrons. The van der Waals surface area contributed by atoms with Gasteiger partial charge in [0.25, 0.3) is 0 Å². The summed E-state index contributed by atoms with van der Waals surface area (Å²) in [6, 6.07) is 16.3. The minimum atomic E-state index is 0.259. The number of rotatable bonds is 4. The van der Waals surface area contributed by atoms with Crippen LogP contribution < -0.4 is 0 Å². The monoisotopic (exact) mass is 319 g/mol. The molecule has 1 saturated carbocycles. The minimum absolute atomic E-state index is 0.259. The van der Waals surface area contributed by atoms with Gasteiger partial charge in [0.15, 0.2) is 0 Å². The van der Waals surface area contributed by atoms with Crippen LogP contribution in [0.25, 0.3) is 6.08 Å². The molecule has 2 aromatic rings. The molecule has 24 heavy (non-hydrogen) atoms. The molecule has 3 atom stereocenters. The predicted molar refractivity (Wildman–Crippen MR) is 99.1 cm³/mol. The first-order valence-corrected chi connectivity index (χ1v) is 8.83. The van der Waals surface area contributed by atoms with E-state index in [2.05, 4.69) is 61.2 Å². The molecule has 1 N–H and O–H groups in total. The molecule has 2 aromatic carbocycles. The number of benzene rings is 2. The summed E-state index contributed by atoms with van der Waals surface area (Å²) >= 11 is 0. The maximum absolute atomic E-state index is 9.75. The van der Waals surface area contributed by atoms with Crippen LogP contribution in [0.5, 0.6) is 5.75 Å². The minimum Gasteiger partial charge on any atom is -0.508 e. The maximum Gasteiger partial charge on any atom is 0.115 e. The summed E-state index contributed by atoms with van der Waals surface area (Å²) in [6.45, 7) is 7.87. The topological polar surface area (TPSA) is 23.5 Å². The average Bonchev–Trinajstić information content (AvgIpc) is 2.94. The molecule has 1 heterocycles. The SMILES string of the molecule is Cc1ccccc1/C=C/CN1C[C@@H]2[C@H](C1)C2(C)c1cccc(O)c1. The Labute approximate surface area is 144 Å². The van der Waals surface area contributed by atoms with Crippen molar-refractivity contribution in [1.29, 1.82) is 0 Å². The molecule has 2 heteroatoms. The summed E-state index contributed by atoms with van der Waals surface area (Å²) in [5.74, 6) is 1.84. The molecule has 0 aromatic heterocycles. The lowest BCUT2D eigenvalue weighted by atomic mass is 9.92. The molecule has 0 bridgehead atoms. The highest BCUT2D eigenvalue weighted by Gasteiger charge is 2.65. The summed E-state index contributed by atoms with van der Waals surface area (Å²) in [6.07, 6.45) is 4.53. The van der Waals surface area contributed by atoms with Gasteiger partial charge >= 0.3 is 0 Å². The van der Waals surface area contributed by atoms with Crippen LogP contribution in [0.15, 0.2) is 54.6 Å². The molecule has 0 spiro atoms. The summed E-state index contributed by atoms with van der Waals surface area (Å²) in [5, 5.41) is 9.75. The second kappa shape index (κ2) is 5.78. The highest BCUT2D eigenvalue weighted by atomic mass is 16.3. The smallest absolute Gasteiger partial charge is 0.115 e. The lowest BCUT2D eigenvalue weighted by Gasteiger charge is -2.23. The molecule has 1 aliphatic heterocycles. The van der Waals surface area contributed by atoms with Crippen molar-refractivity contribution < 1.29 is 5.11 Å². The quantitative estimate of drug-likeness (QED) is 0.911. The number of likely N-dealkylation sites (tertiary alicyclic amines) is 1. The Hall–Kier alpha value is -2.06. The summed E-state index contributed by atoms with van der Waals surface area (Å²) in [5.41, 5.74) is 4.20. The van der Waals surface area contributed by atoms with Gasteiger partial charge in [-0.25, -0.2) is 0 Å². The number of phenolic OH excluding ortho intramolecular Hbond substituents is 1. The van der Waals surface area contributed by atoms with E-state index in [-0.39, 0.29) is 5.41 Å². The first-order valence-electron chi connectivity index (χ1n) is 8.83. The number of aryl methyl sites for hydroxylation is 1. The van der Waals surface area contributed by atoms with Gasteiger partial charge in [0.1, 0.15) is 5.75 Å². The van der Waals surface area contributed by atoms with E-state index in [1.807, 2.05) is 12.1 Å². The highest BCUT2D eigenvalue weighted by molar-refractivity contribution is 5.53. The van der Waals surface area contributed by atoms with E-state index >= 15 is 0 Å². The maximum atomic E-state index is 9.75.